The summed E-state index contributed by atoms with van der Waals surface area (Å²) in [6, 6.07) is 2.96. The van der Waals surface area contributed by atoms with Crippen molar-refractivity contribution in [2.45, 2.75) is 28.3 Å². The third-order valence-electron chi connectivity index (χ3n) is 3.04. The van der Waals surface area contributed by atoms with Gasteiger partial charge in [-0.15, -0.1) is 10.2 Å². The van der Waals surface area contributed by atoms with Gasteiger partial charge in [-0.05, 0) is 30.7 Å². The highest BCUT2D eigenvalue weighted by molar-refractivity contribution is 8.01. The van der Waals surface area contributed by atoms with Gasteiger partial charge in [-0.2, -0.15) is 0 Å². The normalized spacial score (nSPS) is 17.5. The van der Waals surface area contributed by atoms with Crippen LogP contribution in [-0.2, 0) is 4.74 Å². The maximum atomic E-state index is 11.0. The Morgan fingerprint density at radius 3 is 3.23 bits per heavy atom. The summed E-state index contributed by atoms with van der Waals surface area (Å²) in [5, 5.41) is 23.2. The first kappa shape index (κ1) is 15.1. The van der Waals surface area contributed by atoms with E-state index in [0.29, 0.717) is 21.0 Å². The van der Waals surface area contributed by atoms with Crippen LogP contribution in [0.4, 0.5) is 10.8 Å². The van der Waals surface area contributed by atoms with Crippen molar-refractivity contribution < 1.29 is 9.66 Å². The van der Waals surface area contributed by atoms with E-state index in [2.05, 4.69) is 20.5 Å². The SMILES string of the molecule is O=[N+]([O-])c1cccnc1Sc1nnc(NCC2CCCO2)s1. The lowest BCUT2D eigenvalue weighted by atomic mass is 10.2. The lowest BCUT2D eigenvalue weighted by molar-refractivity contribution is -0.388. The Balaban J connectivity index is 1.63. The third-order valence-corrected chi connectivity index (χ3v) is 4.98. The van der Waals surface area contributed by atoms with Gasteiger partial charge in [0, 0.05) is 25.4 Å². The minimum absolute atomic E-state index is 0.0310. The fourth-order valence-electron chi connectivity index (χ4n) is 2.01. The van der Waals surface area contributed by atoms with Crippen LogP contribution in [0.5, 0.6) is 0 Å². The summed E-state index contributed by atoms with van der Waals surface area (Å²) in [6.07, 6.45) is 3.88. The molecule has 2 aromatic heterocycles. The predicted octanol–water partition coefficient (Wildman–Crippen LogP) is 2.58. The van der Waals surface area contributed by atoms with Crippen molar-refractivity contribution in [2.75, 3.05) is 18.5 Å². The number of aromatic nitrogens is 3. The van der Waals surface area contributed by atoms with Gasteiger partial charge in [-0.1, -0.05) is 11.3 Å². The maximum absolute atomic E-state index is 11.0. The van der Waals surface area contributed by atoms with Crippen LogP contribution in [0.2, 0.25) is 0 Å². The van der Waals surface area contributed by atoms with Crippen LogP contribution in [-0.4, -0.2) is 39.4 Å². The molecule has 22 heavy (non-hydrogen) atoms. The quantitative estimate of drug-likeness (QED) is 0.633. The zero-order chi connectivity index (χ0) is 15.4. The highest BCUT2D eigenvalue weighted by Crippen LogP contribution is 2.35. The van der Waals surface area contributed by atoms with Gasteiger partial charge in [0.25, 0.3) is 0 Å². The lowest BCUT2D eigenvalue weighted by Crippen LogP contribution is -2.18. The van der Waals surface area contributed by atoms with Crippen LogP contribution in [0.15, 0.2) is 27.7 Å². The number of nitrogens with one attached hydrogen (secondary N) is 1. The number of hydrogen-bond acceptors (Lipinski definition) is 9. The Morgan fingerprint density at radius 1 is 1.55 bits per heavy atom. The fraction of sp³-hybridized carbons (Fsp3) is 0.417. The van der Waals surface area contributed by atoms with E-state index in [9.17, 15) is 10.1 Å². The summed E-state index contributed by atoms with van der Waals surface area (Å²) in [7, 11) is 0. The monoisotopic (exact) mass is 339 g/mol. The molecule has 2 aromatic rings. The van der Waals surface area contributed by atoms with Crippen LogP contribution in [0.1, 0.15) is 12.8 Å². The molecule has 0 bridgehead atoms. The van der Waals surface area contributed by atoms with Crippen molar-refractivity contribution in [3.63, 3.8) is 0 Å². The van der Waals surface area contributed by atoms with Gasteiger partial charge in [0.15, 0.2) is 9.37 Å². The largest absolute Gasteiger partial charge is 0.376 e. The Bertz CT molecular complexity index is 660. The predicted molar refractivity (Wildman–Crippen MR) is 82.4 cm³/mol. The summed E-state index contributed by atoms with van der Waals surface area (Å²) in [5.41, 5.74) is -0.0310. The molecule has 0 aliphatic carbocycles. The molecule has 1 N–H and O–H groups in total. The van der Waals surface area contributed by atoms with Crippen molar-refractivity contribution in [1.29, 1.82) is 0 Å². The number of rotatable bonds is 6. The van der Waals surface area contributed by atoms with Crippen LogP contribution in [0, 0.1) is 10.1 Å². The highest BCUT2D eigenvalue weighted by atomic mass is 32.2. The number of nitrogens with zero attached hydrogens (tertiary/aromatic N) is 4. The molecule has 0 amide bonds. The molecule has 8 nitrogen and oxygen atoms in total. The fourth-order valence-corrected chi connectivity index (χ4v) is 3.74. The van der Waals surface area contributed by atoms with Gasteiger partial charge in [0.2, 0.25) is 5.13 Å². The maximum Gasteiger partial charge on any atom is 0.301 e. The molecule has 116 valence electrons. The average Bonchev–Trinajstić information content (AvgIpc) is 3.17. The first-order valence-electron chi connectivity index (χ1n) is 6.68. The van der Waals surface area contributed by atoms with E-state index < -0.39 is 4.92 Å². The van der Waals surface area contributed by atoms with E-state index in [-0.39, 0.29) is 11.8 Å². The van der Waals surface area contributed by atoms with Crippen molar-refractivity contribution in [1.82, 2.24) is 15.2 Å². The van der Waals surface area contributed by atoms with Crippen molar-refractivity contribution >= 4 is 33.9 Å². The molecular formula is C12H13N5O3S2. The highest BCUT2D eigenvalue weighted by Gasteiger charge is 2.19. The van der Waals surface area contributed by atoms with Gasteiger partial charge < -0.3 is 10.1 Å². The minimum Gasteiger partial charge on any atom is -0.376 e. The molecule has 0 aromatic carbocycles. The number of anilines is 1. The molecule has 1 aliphatic heterocycles. The van der Waals surface area contributed by atoms with Gasteiger partial charge in [0.1, 0.15) is 0 Å². The Morgan fingerprint density at radius 2 is 2.45 bits per heavy atom. The summed E-state index contributed by atoms with van der Waals surface area (Å²) in [6.45, 7) is 1.51. The molecule has 3 rings (SSSR count). The van der Waals surface area contributed by atoms with Gasteiger partial charge >= 0.3 is 5.69 Å². The molecule has 10 heteroatoms. The van der Waals surface area contributed by atoms with E-state index >= 15 is 0 Å². The molecule has 1 unspecified atom stereocenters. The Kier molecular flexibility index (Phi) is 4.80. The van der Waals surface area contributed by atoms with Crippen LogP contribution in [0.3, 0.4) is 0 Å². The van der Waals surface area contributed by atoms with E-state index in [1.807, 2.05) is 0 Å². The topological polar surface area (TPSA) is 103 Å². The standard InChI is InChI=1S/C12H13N5O3S2/c18-17(19)9-4-1-5-13-10(9)21-12-16-15-11(22-12)14-7-8-3-2-6-20-8/h1,4-5,8H,2-3,6-7H2,(H,14,15). The Hall–Kier alpha value is -1.78. The van der Waals surface area contributed by atoms with Crippen LogP contribution < -0.4 is 5.32 Å². The van der Waals surface area contributed by atoms with Crippen LogP contribution >= 0.6 is 23.1 Å². The number of pyridine rings is 1. The third kappa shape index (κ3) is 3.70. The van der Waals surface area contributed by atoms with E-state index in [1.54, 1.807) is 0 Å². The van der Waals surface area contributed by atoms with Crippen LogP contribution in [0.25, 0.3) is 0 Å². The summed E-state index contributed by atoms with van der Waals surface area (Å²) in [4.78, 5) is 14.5. The smallest absolute Gasteiger partial charge is 0.301 e. The molecule has 0 spiro atoms. The zero-order valence-electron chi connectivity index (χ0n) is 11.5. The molecule has 1 atom stereocenters. The number of hydrogen-bond donors (Lipinski definition) is 1. The zero-order valence-corrected chi connectivity index (χ0v) is 13.1. The summed E-state index contributed by atoms with van der Waals surface area (Å²) in [5.74, 6) is 0. The summed E-state index contributed by atoms with van der Waals surface area (Å²) >= 11 is 2.49. The van der Waals surface area contributed by atoms with E-state index in [0.717, 1.165) is 31.2 Å². The summed E-state index contributed by atoms with van der Waals surface area (Å²) < 4.78 is 6.13. The second-order valence-electron chi connectivity index (χ2n) is 4.58. The average molecular weight is 339 g/mol. The second-order valence-corrected chi connectivity index (χ2v) is 6.79. The van der Waals surface area contributed by atoms with Crippen molar-refractivity contribution in [2.24, 2.45) is 0 Å². The molecule has 0 radical (unpaired) electrons. The Labute approximate surface area is 134 Å². The molecule has 0 saturated carbocycles. The second kappa shape index (κ2) is 6.99. The molecule has 1 aliphatic rings. The van der Waals surface area contributed by atoms with E-state index in [1.165, 1.54) is 29.7 Å². The minimum atomic E-state index is -0.451. The first-order chi connectivity index (χ1) is 10.7. The van der Waals surface area contributed by atoms with Crippen molar-refractivity contribution in [3.8, 4) is 0 Å². The van der Waals surface area contributed by atoms with Gasteiger partial charge in [-0.3, -0.25) is 10.1 Å². The lowest BCUT2D eigenvalue weighted by Gasteiger charge is -2.08. The number of ether oxygens (including phenoxy) is 1. The number of nitro groups is 1. The van der Waals surface area contributed by atoms with Crippen molar-refractivity contribution in [3.05, 3.63) is 28.4 Å². The molecule has 1 fully saturated rings. The van der Waals surface area contributed by atoms with Gasteiger partial charge in [0.05, 0.1) is 11.0 Å². The first-order valence-corrected chi connectivity index (χ1v) is 8.32. The molecule has 3 heterocycles. The molecule has 1 saturated heterocycles. The van der Waals surface area contributed by atoms with Gasteiger partial charge in [-0.25, -0.2) is 4.98 Å². The molecular weight excluding hydrogens is 326 g/mol. The van der Waals surface area contributed by atoms with E-state index in [4.69, 9.17) is 4.74 Å².